The number of benzene rings is 1. The molecular formula is C23H20ClF2N5O3S. The average Bonchev–Trinajstić information content (AvgIpc) is 3.41. The molecule has 0 aliphatic heterocycles. The molecule has 0 aliphatic carbocycles. The van der Waals surface area contributed by atoms with Crippen LogP contribution in [0.1, 0.15) is 49.0 Å². The second-order valence-corrected chi connectivity index (χ2v) is 9.23. The molecule has 3 aromatic heterocycles. The van der Waals surface area contributed by atoms with Gasteiger partial charge in [0.2, 0.25) is 0 Å². The first-order valence-electron chi connectivity index (χ1n) is 10.3. The highest BCUT2D eigenvalue weighted by Gasteiger charge is 2.24. The number of alkyl halides is 2. The summed E-state index contributed by atoms with van der Waals surface area (Å²) in [7, 11) is 0. The van der Waals surface area contributed by atoms with Crippen molar-refractivity contribution >= 4 is 50.7 Å². The van der Waals surface area contributed by atoms with E-state index >= 15 is 0 Å². The monoisotopic (exact) mass is 519 g/mol. The predicted octanol–water partition coefficient (Wildman–Crippen LogP) is 5.40. The molecular weight excluding hydrogens is 500 g/mol. The summed E-state index contributed by atoms with van der Waals surface area (Å²) < 4.78 is 33.5. The molecule has 2 amide bonds. The number of ether oxygens (including phenoxy) is 1. The number of anilines is 1. The number of rotatable bonds is 7. The van der Waals surface area contributed by atoms with Crippen LogP contribution in [0.5, 0.6) is 5.75 Å². The molecule has 4 rings (SSSR count). The van der Waals surface area contributed by atoms with E-state index in [2.05, 4.69) is 15.4 Å². The standard InChI is InChI=1S/C23H20ClF2N5O3S/c1-10-8-15(20(25)26)28-23-16(10)18(19(35-23)21(27)32)29-22(33)14-4-5-31(30-14)9-34-13-6-11(2)17(24)12(3)7-13/h4-8,20H,9H2,1-3H3,(H2,27,32)(H,29,33). The van der Waals surface area contributed by atoms with Gasteiger partial charge in [0.25, 0.3) is 18.2 Å². The van der Waals surface area contributed by atoms with Gasteiger partial charge in [0.15, 0.2) is 12.4 Å². The normalized spacial score (nSPS) is 11.3. The Kier molecular flexibility index (Phi) is 6.73. The number of carbonyl (C=O) groups is 2. The number of halogens is 3. The van der Waals surface area contributed by atoms with Crippen molar-refractivity contribution in [2.75, 3.05) is 5.32 Å². The molecule has 12 heteroatoms. The summed E-state index contributed by atoms with van der Waals surface area (Å²) in [4.78, 5) is 29.0. The number of amides is 2. The van der Waals surface area contributed by atoms with E-state index in [1.165, 1.54) is 16.8 Å². The molecule has 35 heavy (non-hydrogen) atoms. The number of aryl methyl sites for hydroxylation is 3. The van der Waals surface area contributed by atoms with Crippen LogP contribution in [-0.2, 0) is 6.73 Å². The van der Waals surface area contributed by atoms with Crippen LogP contribution in [0.25, 0.3) is 10.2 Å². The van der Waals surface area contributed by atoms with Crippen molar-refractivity contribution in [3.63, 3.8) is 0 Å². The van der Waals surface area contributed by atoms with Crippen LogP contribution in [0.3, 0.4) is 0 Å². The smallest absolute Gasteiger partial charge is 0.280 e. The number of pyridine rings is 1. The Morgan fingerprint density at radius 3 is 2.51 bits per heavy atom. The molecule has 0 saturated heterocycles. The number of thiophene rings is 1. The number of carbonyl (C=O) groups excluding carboxylic acids is 2. The third-order valence-corrected chi connectivity index (χ3v) is 6.91. The quantitative estimate of drug-likeness (QED) is 0.339. The van der Waals surface area contributed by atoms with Crippen LogP contribution in [0.15, 0.2) is 30.5 Å². The van der Waals surface area contributed by atoms with E-state index in [1.807, 2.05) is 13.8 Å². The van der Waals surface area contributed by atoms with Gasteiger partial charge in [-0.1, -0.05) is 11.6 Å². The van der Waals surface area contributed by atoms with Crippen molar-refractivity contribution in [3.8, 4) is 5.75 Å². The van der Waals surface area contributed by atoms with Crippen LogP contribution >= 0.6 is 22.9 Å². The molecule has 0 fully saturated rings. The Labute approximate surface area is 207 Å². The highest BCUT2D eigenvalue weighted by Crippen LogP contribution is 2.38. The minimum Gasteiger partial charge on any atom is -0.471 e. The Bertz CT molecular complexity index is 1440. The van der Waals surface area contributed by atoms with Crippen molar-refractivity contribution in [1.82, 2.24) is 14.8 Å². The maximum atomic E-state index is 13.2. The fraction of sp³-hybridized carbons (Fsp3) is 0.217. The zero-order valence-electron chi connectivity index (χ0n) is 18.9. The SMILES string of the molecule is Cc1cc(OCn2ccc(C(=O)Nc3c(C(N)=O)sc4nc(C(F)F)cc(C)c34)n2)cc(C)c1Cl. The molecule has 0 radical (unpaired) electrons. The molecule has 0 unspecified atom stereocenters. The second kappa shape index (κ2) is 9.59. The van der Waals surface area contributed by atoms with E-state index in [9.17, 15) is 18.4 Å². The first-order valence-corrected chi connectivity index (χ1v) is 11.5. The molecule has 8 nitrogen and oxygen atoms in total. The van der Waals surface area contributed by atoms with Crippen molar-refractivity contribution in [2.45, 2.75) is 33.9 Å². The van der Waals surface area contributed by atoms with Crippen molar-refractivity contribution in [3.05, 3.63) is 68.4 Å². The van der Waals surface area contributed by atoms with Crippen molar-refractivity contribution < 1.29 is 23.1 Å². The summed E-state index contributed by atoms with van der Waals surface area (Å²) in [6.45, 7) is 5.38. The van der Waals surface area contributed by atoms with E-state index in [0.717, 1.165) is 22.5 Å². The fourth-order valence-electron chi connectivity index (χ4n) is 3.57. The van der Waals surface area contributed by atoms with Gasteiger partial charge in [0.05, 0.1) is 5.69 Å². The topological polar surface area (TPSA) is 112 Å². The number of aromatic nitrogens is 3. The van der Waals surface area contributed by atoms with Gasteiger partial charge in [-0.3, -0.25) is 9.59 Å². The largest absolute Gasteiger partial charge is 0.471 e. The molecule has 3 N–H and O–H groups in total. The molecule has 0 spiro atoms. The molecule has 3 heterocycles. The van der Waals surface area contributed by atoms with Gasteiger partial charge in [0, 0.05) is 16.6 Å². The summed E-state index contributed by atoms with van der Waals surface area (Å²) in [5.41, 5.74) is 7.40. The van der Waals surface area contributed by atoms with Crippen molar-refractivity contribution in [2.24, 2.45) is 5.73 Å². The highest BCUT2D eigenvalue weighted by atomic mass is 35.5. The van der Waals surface area contributed by atoms with Crippen molar-refractivity contribution in [1.29, 1.82) is 0 Å². The van der Waals surface area contributed by atoms with Gasteiger partial charge in [-0.15, -0.1) is 11.3 Å². The third kappa shape index (κ3) is 4.96. The second-order valence-electron chi connectivity index (χ2n) is 7.85. The van der Waals surface area contributed by atoms with Crippen LogP contribution in [-0.4, -0.2) is 26.6 Å². The lowest BCUT2D eigenvalue weighted by Crippen LogP contribution is -2.18. The minimum absolute atomic E-state index is 0.00612. The van der Waals surface area contributed by atoms with Crippen LogP contribution in [0.2, 0.25) is 5.02 Å². The van der Waals surface area contributed by atoms with E-state index in [1.54, 1.807) is 25.3 Å². The molecule has 0 bridgehead atoms. The van der Waals surface area contributed by atoms with Crippen LogP contribution < -0.4 is 15.8 Å². The summed E-state index contributed by atoms with van der Waals surface area (Å²) >= 11 is 7.02. The molecule has 0 aliphatic rings. The Balaban J connectivity index is 1.56. The summed E-state index contributed by atoms with van der Waals surface area (Å²) in [5.74, 6) is -0.817. The lowest BCUT2D eigenvalue weighted by molar-refractivity contribution is 0.100. The average molecular weight is 520 g/mol. The van der Waals surface area contributed by atoms with Gasteiger partial charge < -0.3 is 15.8 Å². The summed E-state index contributed by atoms with van der Waals surface area (Å²) in [6.07, 6.45) is -1.21. The van der Waals surface area contributed by atoms with E-state index < -0.39 is 23.9 Å². The number of primary amides is 1. The maximum Gasteiger partial charge on any atom is 0.280 e. The van der Waals surface area contributed by atoms with Gasteiger partial charge in [-0.05, 0) is 61.7 Å². The molecule has 1 aromatic carbocycles. The Hall–Kier alpha value is -3.57. The summed E-state index contributed by atoms with van der Waals surface area (Å²) in [6, 6.07) is 6.30. The molecule has 0 atom stereocenters. The lowest BCUT2D eigenvalue weighted by atomic mass is 10.1. The Morgan fingerprint density at radius 1 is 1.20 bits per heavy atom. The number of nitrogens with two attached hydrogens (primary N) is 1. The van der Waals surface area contributed by atoms with Crippen LogP contribution in [0.4, 0.5) is 14.5 Å². The predicted molar refractivity (Wildman–Crippen MR) is 130 cm³/mol. The molecule has 0 saturated carbocycles. The van der Waals surface area contributed by atoms with Gasteiger partial charge >= 0.3 is 0 Å². The van der Waals surface area contributed by atoms with E-state index in [4.69, 9.17) is 22.1 Å². The Morgan fingerprint density at radius 2 is 1.89 bits per heavy atom. The van der Waals surface area contributed by atoms with Gasteiger partial charge in [-0.2, -0.15) is 5.10 Å². The maximum absolute atomic E-state index is 13.2. The fourth-order valence-corrected chi connectivity index (χ4v) is 4.75. The minimum atomic E-state index is -2.78. The van der Waals surface area contributed by atoms with Crippen LogP contribution in [0, 0.1) is 20.8 Å². The number of fused-ring (bicyclic) bond motifs is 1. The van der Waals surface area contributed by atoms with E-state index in [0.29, 0.717) is 21.7 Å². The van der Waals surface area contributed by atoms with Gasteiger partial charge in [-0.25, -0.2) is 18.4 Å². The zero-order chi connectivity index (χ0) is 25.4. The lowest BCUT2D eigenvalue weighted by Gasteiger charge is -2.10. The first-order chi connectivity index (χ1) is 16.5. The van der Waals surface area contributed by atoms with E-state index in [-0.39, 0.29) is 27.8 Å². The number of hydrogen-bond acceptors (Lipinski definition) is 6. The number of hydrogen-bond donors (Lipinski definition) is 2. The zero-order valence-corrected chi connectivity index (χ0v) is 20.4. The summed E-state index contributed by atoms with van der Waals surface area (Å²) in [5, 5.41) is 7.89. The highest BCUT2D eigenvalue weighted by molar-refractivity contribution is 7.21. The number of nitrogens with one attached hydrogen (secondary N) is 1. The van der Waals surface area contributed by atoms with Gasteiger partial charge in [0.1, 0.15) is 21.2 Å². The third-order valence-electron chi connectivity index (χ3n) is 5.21. The number of nitrogens with zero attached hydrogens (tertiary/aromatic N) is 3. The first kappa shape index (κ1) is 24.6. The molecule has 4 aromatic rings. The molecule has 182 valence electrons.